The van der Waals surface area contributed by atoms with E-state index < -0.39 is 0 Å². The van der Waals surface area contributed by atoms with Crippen LogP contribution in [-0.2, 0) is 12.8 Å². The quantitative estimate of drug-likeness (QED) is 0.184. The maximum atomic E-state index is 4.94. The number of benzene rings is 6. The van der Waals surface area contributed by atoms with E-state index in [1.165, 1.54) is 33.4 Å². The van der Waals surface area contributed by atoms with E-state index in [2.05, 4.69) is 103 Å². The summed E-state index contributed by atoms with van der Waals surface area (Å²) in [6.45, 7) is 0. The highest BCUT2D eigenvalue weighted by Crippen LogP contribution is 2.31. The summed E-state index contributed by atoms with van der Waals surface area (Å²) in [6.07, 6.45) is 1.69. The van der Waals surface area contributed by atoms with Crippen molar-refractivity contribution in [3.05, 3.63) is 186 Å². The zero-order valence-electron chi connectivity index (χ0n) is 24.3. The van der Waals surface area contributed by atoms with E-state index in [1.54, 1.807) is 0 Å². The Hall–Kier alpha value is -5.67. The fourth-order valence-electron chi connectivity index (χ4n) is 5.67. The number of nitrogens with zero attached hydrogens (tertiary/aromatic N) is 3. The molecule has 0 spiro atoms. The highest BCUT2D eigenvalue weighted by Gasteiger charge is 2.14. The second kappa shape index (κ2) is 12.7. The first-order chi connectivity index (χ1) is 21.8. The van der Waals surface area contributed by atoms with Crippen LogP contribution in [-0.4, -0.2) is 15.0 Å². The van der Waals surface area contributed by atoms with Gasteiger partial charge in [-0.25, -0.2) is 15.0 Å². The van der Waals surface area contributed by atoms with Crippen molar-refractivity contribution in [2.24, 2.45) is 0 Å². The van der Waals surface area contributed by atoms with E-state index in [0.29, 0.717) is 17.5 Å². The molecule has 3 heteroatoms. The van der Waals surface area contributed by atoms with Crippen LogP contribution in [0.25, 0.3) is 45.3 Å². The number of aromatic nitrogens is 3. The maximum absolute atomic E-state index is 4.94. The monoisotopic (exact) mass is 565 g/mol. The number of rotatable bonds is 8. The Kier molecular flexibility index (Phi) is 7.83. The Morgan fingerprint density at radius 3 is 1.25 bits per heavy atom. The van der Waals surface area contributed by atoms with Gasteiger partial charge in [-0.05, 0) is 52.3 Å². The second-order valence-corrected chi connectivity index (χ2v) is 10.9. The molecule has 7 rings (SSSR count). The van der Waals surface area contributed by atoms with Gasteiger partial charge in [-0.15, -0.1) is 0 Å². The molecule has 0 unspecified atom stereocenters. The normalized spacial score (nSPS) is 10.9. The van der Waals surface area contributed by atoms with Crippen molar-refractivity contribution in [2.45, 2.75) is 12.8 Å². The van der Waals surface area contributed by atoms with Crippen LogP contribution in [0.4, 0.5) is 0 Å². The molecule has 0 amide bonds. The average Bonchev–Trinajstić information content (AvgIpc) is 3.10. The van der Waals surface area contributed by atoms with Gasteiger partial charge in [0.2, 0.25) is 0 Å². The Labute approximate surface area is 258 Å². The molecule has 0 atom stereocenters. The first-order valence-corrected chi connectivity index (χ1v) is 15.0. The fourth-order valence-corrected chi connectivity index (χ4v) is 5.67. The summed E-state index contributed by atoms with van der Waals surface area (Å²) in [4.78, 5) is 14.7. The first kappa shape index (κ1) is 27.2. The molecule has 0 aliphatic rings. The molecule has 7 aromatic rings. The van der Waals surface area contributed by atoms with E-state index in [4.69, 9.17) is 15.0 Å². The van der Waals surface area contributed by atoms with Crippen LogP contribution in [0.1, 0.15) is 22.3 Å². The largest absolute Gasteiger partial charge is 0.208 e. The predicted molar refractivity (Wildman–Crippen MR) is 180 cm³/mol. The molecule has 0 fully saturated rings. The minimum absolute atomic E-state index is 0.667. The zero-order valence-corrected chi connectivity index (χ0v) is 24.3. The van der Waals surface area contributed by atoms with Crippen LogP contribution >= 0.6 is 0 Å². The fraction of sp³-hybridized carbons (Fsp3) is 0.0488. The third kappa shape index (κ3) is 6.08. The van der Waals surface area contributed by atoms with E-state index in [0.717, 1.165) is 29.5 Å². The minimum Gasteiger partial charge on any atom is -0.208 e. The summed E-state index contributed by atoms with van der Waals surface area (Å²) in [7, 11) is 0. The lowest BCUT2D eigenvalue weighted by Crippen LogP contribution is -2.01. The molecule has 6 aromatic carbocycles. The molecule has 1 aromatic heterocycles. The van der Waals surface area contributed by atoms with Gasteiger partial charge >= 0.3 is 0 Å². The molecule has 0 N–H and O–H groups in total. The standard InChI is InChI=1S/C41H31N3/c1-4-15-30(16-5-1)27-34-22-10-12-25-37(34)38-26-13-11-23-35(38)28-31-17-14-24-36(29-31)41-43-39(32-18-6-2-7-19-32)42-40(44-41)33-20-8-3-9-21-33/h1-26,29H,27-28H2. The molecule has 0 saturated heterocycles. The molecule has 0 saturated carbocycles. The Balaban J connectivity index is 1.25. The van der Waals surface area contributed by atoms with Gasteiger partial charge in [-0.1, -0.05) is 158 Å². The summed E-state index contributed by atoms with van der Waals surface area (Å²) in [6, 6.07) is 57.0. The van der Waals surface area contributed by atoms with Gasteiger partial charge in [0.1, 0.15) is 0 Å². The number of hydrogen-bond donors (Lipinski definition) is 0. The summed E-state index contributed by atoms with van der Waals surface area (Å²) in [5.74, 6) is 2.00. The van der Waals surface area contributed by atoms with Gasteiger partial charge in [0, 0.05) is 16.7 Å². The Morgan fingerprint density at radius 2 is 0.705 bits per heavy atom. The molecule has 0 radical (unpaired) electrons. The highest BCUT2D eigenvalue weighted by atomic mass is 15.0. The lowest BCUT2D eigenvalue weighted by atomic mass is 9.90. The summed E-state index contributed by atoms with van der Waals surface area (Å²) < 4.78 is 0. The lowest BCUT2D eigenvalue weighted by molar-refractivity contribution is 1.07. The van der Waals surface area contributed by atoms with Crippen molar-refractivity contribution >= 4 is 0 Å². The molecular formula is C41H31N3. The third-order valence-electron chi connectivity index (χ3n) is 7.84. The van der Waals surface area contributed by atoms with Gasteiger partial charge in [-0.3, -0.25) is 0 Å². The van der Waals surface area contributed by atoms with E-state index in [-0.39, 0.29) is 0 Å². The van der Waals surface area contributed by atoms with Crippen molar-refractivity contribution in [1.82, 2.24) is 15.0 Å². The second-order valence-electron chi connectivity index (χ2n) is 10.9. The SMILES string of the molecule is c1ccc(Cc2ccccc2-c2ccccc2Cc2cccc(-c3nc(-c4ccccc4)nc(-c4ccccc4)n3)c2)cc1. The third-order valence-corrected chi connectivity index (χ3v) is 7.84. The van der Waals surface area contributed by atoms with Gasteiger partial charge in [0.15, 0.2) is 17.5 Å². The molecule has 0 aliphatic heterocycles. The summed E-state index contributed by atoms with van der Waals surface area (Å²) in [5, 5.41) is 0. The van der Waals surface area contributed by atoms with Crippen LogP contribution in [0, 0.1) is 0 Å². The van der Waals surface area contributed by atoms with Crippen molar-refractivity contribution in [2.75, 3.05) is 0 Å². The summed E-state index contributed by atoms with van der Waals surface area (Å²) >= 11 is 0. The highest BCUT2D eigenvalue weighted by molar-refractivity contribution is 5.72. The van der Waals surface area contributed by atoms with Gasteiger partial charge in [0.05, 0.1) is 0 Å². The smallest absolute Gasteiger partial charge is 0.164 e. The van der Waals surface area contributed by atoms with Gasteiger partial charge < -0.3 is 0 Å². The molecule has 210 valence electrons. The van der Waals surface area contributed by atoms with Crippen molar-refractivity contribution in [3.63, 3.8) is 0 Å². The van der Waals surface area contributed by atoms with Crippen molar-refractivity contribution in [1.29, 1.82) is 0 Å². The molecule has 1 heterocycles. The van der Waals surface area contributed by atoms with Crippen LogP contribution in [0.2, 0.25) is 0 Å². The Morgan fingerprint density at radius 1 is 0.318 bits per heavy atom. The van der Waals surface area contributed by atoms with Crippen LogP contribution in [0.5, 0.6) is 0 Å². The van der Waals surface area contributed by atoms with Gasteiger partial charge in [0.25, 0.3) is 0 Å². The topological polar surface area (TPSA) is 38.7 Å². The molecule has 0 bridgehead atoms. The van der Waals surface area contributed by atoms with E-state index >= 15 is 0 Å². The molecular weight excluding hydrogens is 534 g/mol. The van der Waals surface area contributed by atoms with Crippen LogP contribution in [0.15, 0.2) is 164 Å². The van der Waals surface area contributed by atoms with Crippen LogP contribution < -0.4 is 0 Å². The minimum atomic E-state index is 0.667. The van der Waals surface area contributed by atoms with Gasteiger partial charge in [-0.2, -0.15) is 0 Å². The summed E-state index contributed by atoms with van der Waals surface area (Å²) in [5.41, 5.74) is 10.6. The maximum Gasteiger partial charge on any atom is 0.164 e. The zero-order chi connectivity index (χ0) is 29.6. The molecule has 3 nitrogen and oxygen atoms in total. The van der Waals surface area contributed by atoms with Crippen molar-refractivity contribution in [3.8, 4) is 45.3 Å². The molecule has 44 heavy (non-hydrogen) atoms. The molecule has 0 aliphatic carbocycles. The van der Waals surface area contributed by atoms with Crippen molar-refractivity contribution < 1.29 is 0 Å². The predicted octanol–water partition coefficient (Wildman–Crippen LogP) is 9.72. The Bertz CT molecular complexity index is 1940. The number of hydrogen-bond acceptors (Lipinski definition) is 3. The van der Waals surface area contributed by atoms with E-state index in [9.17, 15) is 0 Å². The van der Waals surface area contributed by atoms with Crippen LogP contribution in [0.3, 0.4) is 0 Å². The average molecular weight is 566 g/mol. The van der Waals surface area contributed by atoms with E-state index in [1.807, 2.05) is 60.7 Å². The first-order valence-electron chi connectivity index (χ1n) is 15.0. The lowest BCUT2D eigenvalue weighted by Gasteiger charge is -2.15.